The lowest BCUT2D eigenvalue weighted by Crippen LogP contribution is -2.30. The Bertz CT molecular complexity index is 1050. The van der Waals surface area contributed by atoms with Gasteiger partial charge in [0.15, 0.2) is 11.0 Å². The van der Waals surface area contributed by atoms with Crippen LogP contribution in [0.1, 0.15) is 24.4 Å². The molecule has 0 saturated heterocycles. The lowest BCUT2D eigenvalue weighted by atomic mass is 10.2. The second-order valence-electron chi connectivity index (χ2n) is 7.50. The van der Waals surface area contributed by atoms with Gasteiger partial charge in [-0.3, -0.25) is 14.3 Å². The van der Waals surface area contributed by atoms with Gasteiger partial charge >= 0.3 is 0 Å². The summed E-state index contributed by atoms with van der Waals surface area (Å²) in [5.41, 5.74) is 3.17. The minimum absolute atomic E-state index is 0.0590. The van der Waals surface area contributed by atoms with Crippen LogP contribution in [0.25, 0.3) is 5.69 Å². The van der Waals surface area contributed by atoms with E-state index in [1.165, 1.54) is 17.3 Å². The van der Waals surface area contributed by atoms with Gasteiger partial charge in [-0.05, 0) is 63.3 Å². The van der Waals surface area contributed by atoms with Gasteiger partial charge in [0, 0.05) is 22.9 Å². The number of aromatic nitrogens is 3. The average molecular weight is 442 g/mol. The fourth-order valence-electron chi connectivity index (χ4n) is 3.51. The van der Waals surface area contributed by atoms with Gasteiger partial charge in [-0.15, -0.1) is 10.2 Å². The molecule has 0 unspecified atom stereocenters. The van der Waals surface area contributed by atoms with Crippen molar-refractivity contribution < 1.29 is 4.79 Å². The van der Waals surface area contributed by atoms with Crippen molar-refractivity contribution in [2.45, 2.75) is 24.5 Å². The summed E-state index contributed by atoms with van der Waals surface area (Å²) in [6, 6.07) is 15.7. The summed E-state index contributed by atoms with van der Waals surface area (Å²) in [7, 11) is 4.01. The molecule has 1 aliphatic rings. The largest absolute Gasteiger partial charge is 0.311 e. The molecule has 0 bridgehead atoms. The normalized spacial score (nSPS) is 14.2. The van der Waals surface area contributed by atoms with Crippen LogP contribution in [0.2, 0.25) is 5.02 Å². The van der Waals surface area contributed by atoms with Crippen LogP contribution in [0.15, 0.2) is 53.7 Å². The summed E-state index contributed by atoms with van der Waals surface area (Å²) in [6.45, 7) is 2.81. The molecule has 8 heteroatoms. The molecule has 0 spiro atoms. The van der Waals surface area contributed by atoms with Crippen molar-refractivity contribution in [1.29, 1.82) is 0 Å². The number of amides is 1. The third kappa shape index (κ3) is 4.10. The van der Waals surface area contributed by atoms with Crippen molar-refractivity contribution in [1.82, 2.24) is 19.7 Å². The standard InChI is InChI=1S/C22H24ClN5OS/c1-15(26(2)3)21-24-25-22(28(21)18-10-8-17(23)9-11-18)30-14-20(29)27-13-12-16-6-4-5-7-19(16)27/h4-11,15H,12-14H2,1-3H3/t15-/m0/s1. The molecular formula is C22H24ClN5OS. The number of thioether (sulfide) groups is 1. The fourth-order valence-corrected chi connectivity index (χ4v) is 4.47. The number of hydrogen-bond acceptors (Lipinski definition) is 5. The first-order chi connectivity index (χ1) is 14.5. The average Bonchev–Trinajstić information content (AvgIpc) is 3.36. The second-order valence-corrected chi connectivity index (χ2v) is 8.88. The zero-order chi connectivity index (χ0) is 21.3. The van der Waals surface area contributed by atoms with Crippen molar-refractivity contribution in [3.63, 3.8) is 0 Å². The summed E-state index contributed by atoms with van der Waals surface area (Å²) in [5.74, 6) is 1.21. The van der Waals surface area contributed by atoms with Crippen molar-refractivity contribution in [3.8, 4) is 5.69 Å². The number of rotatable bonds is 6. The first-order valence-corrected chi connectivity index (χ1v) is 11.2. The number of benzene rings is 2. The van der Waals surface area contributed by atoms with Gasteiger partial charge in [0.1, 0.15) is 0 Å². The Morgan fingerprint density at radius 3 is 2.63 bits per heavy atom. The van der Waals surface area contributed by atoms with E-state index < -0.39 is 0 Å². The minimum Gasteiger partial charge on any atom is -0.311 e. The lowest BCUT2D eigenvalue weighted by Gasteiger charge is -2.21. The zero-order valence-electron chi connectivity index (χ0n) is 17.2. The SMILES string of the molecule is C[C@@H](c1nnc(SCC(=O)N2CCc3ccccc32)n1-c1ccc(Cl)cc1)N(C)C. The van der Waals surface area contributed by atoms with E-state index in [2.05, 4.69) is 28.1 Å². The highest BCUT2D eigenvalue weighted by molar-refractivity contribution is 7.99. The van der Waals surface area contributed by atoms with Crippen molar-refractivity contribution in [3.05, 3.63) is 64.9 Å². The van der Waals surface area contributed by atoms with E-state index in [1.54, 1.807) is 0 Å². The predicted octanol–water partition coefficient (Wildman–Crippen LogP) is 4.22. The Morgan fingerprint density at radius 2 is 1.90 bits per heavy atom. The molecule has 0 saturated carbocycles. The molecule has 1 atom stereocenters. The van der Waals surface area contributed by atoms with Gasteiger partial charge in [-0.2, -0.15) is 0 Å². The van der Waals surface area contributed by atoms with Gasteiger partial charge in [-0.1, -0.05) is 41.6 Å². The van der Waals surface area contributed by atoms with Crippen LogP contribution in [-0.4, -0.2) is 52.0 Å². The minimum atomic E-state index is 0.0590. The molecule has 1 amide bonds. The summed E-state index contributed by atoms with van der Waals surface area (Å²) in [5, 5.41) is 10.2. The number of anilines is 1. The van der Waals surface area contributed by atoms with Crippen LogP contribution in [0.5, 0.6) is 0 Å². The molecule has 0 fully saturated rings. The highest BCUT2D eigenvalue weighted by Gasteiger charge is 2.26. The molecule has 30 heavy (non-hydrogen) atoms. The third-order valence-corrected chi connectivity index (χ3v) is 6.57. The Morgan fingerprint density at radius 1 is 1.17 bits per heavy atom. The fraction of sp³-hybridized carbons (Fsp3) is 0.318. The summed E-state index contributed by atoms with van der Waals surface area (Å²) < 4.78 is 2.01. The molecule has 0 radical (unpaired) electrons. The molecule has 2 aromatic carbocycles. The second kappa shape index (κ2) is 8.79. The Balaban J connectivity index is 1.58. The quantitative estimate of drug-likeness (QED) is 0.536. The van der Waals surface area contributed by atoms with Crippen LogP contribution in [0.4, 0.5) is 5.69 Å². The van der Waals surface area contributed by atoms with E-state index in [9.17, 15) is 4.79 Å². The summed E-state index contributed by atoms with van der Waals surface area (Å²) >= 11 is 7.49. The lowest BCUT2D eigenvalue weighted by molar-refractivity contribution is -0.116. The van der Waals surface area contributed by atoms with Gasteiger partial charge in [0.05, 0.1) is 11.8 Å². The highest BCUT2D eigenvalue weighted by atomic mass is 35.5. The molecule has 156 valence electrons. The number of carbonyl (C=O) groups excluding carboxylic acids is 1. The molecule has 6 nitrogen and oxygen atoms in total. The van der Waals surface area contributed by atoms with Crippen molar-refractivity contribution in [2.24, 2.45) is 0 Å². The molecule has 1 aromatic heterocycles. The zero-order valence-corrected chi connectivity index (χ0v) is 18.8. The third-order valence-electron chi connectivity index (χ3n) is 5.40. The number of fused-ring (bicyclic) bond motifs is 1. The smallest absolute Gasteiger partial charge is 0.237 e. The summed E-state index contributed by atoms with van der Waals surface area (Å²) in [4.78, 5) is 16.9. The van der Waals surface area contributed by atoms with E-state index in [0.717, 1.165) is 30.2 Å². The molecule has 4 rings (SSSR count). The van der Waals surface area contributed by atoms with Gasteiger partial charge in [-0.25, -0.2) is 0 Å². The van der Waals surface area contributed by atoms with E-state index >= 15 is 0 Å². The maximum atomic E-state index is 12.9. The van der Waals surface area contributed by atoms with Crippen LogP contribution in [-0.2, 0) is 11.2 Å². The summed E-state index contributed by atoms with van der Waals surface area (Å²) in [6.07, 6.45) is 0.901. The molecule has 3 aromatic rings. The first kappa shape index (κ1) is 20.9. The monoisotopic (exact) mass is 441 g/mol. The van der Waals surface area contributed by atoms with Crippen molar-refractivity contribution >= 4 is 35.0 Å². The Kier molecular flexibility index (Phi) is 6.13. The molecular weight excluding hydrogens is 418 g/mol. The van der Waals surface area contributed by atoms with Crippen LogP contribution in [0, 0.1) is 0 Å². The van der Waals surface area contributed by atoms with E-state index in [-0.39, 0.29) is 11.9 Å². The molecule has 1 aliphatic heterocycles. The van der Waals surface area contributed by atoms with Crippen molar-refractivity contribution in [2.75, 3.05) is 31.3 Å². The maximum absolute atomic E-state index is 12.9. The Labute approximate surface area is 185 Å². The number of nitrogens with zero attached hydrogens (tertiary/aromatic N) is 5. The molecule has 2 heterocycles. The topological polar surface area (TPSA) is 54.3 Å². The molecule has 0 aliphatic carbocycles. The van der Waals surface area contributed by atoms with Gasteiger partial charge in [0.2, 0.25) is 5.91 Å². The number of para-hydroxylation sites is 1. The Hall–Kier alpha value is -2.35. The van der Waals surface area contributed by atoms with Crippen LogP contribution < -0.4 is 4.90 Å². The van der Waals surface area contributed by atoms with Gasteiger partial charge < -0.3 is 4.90 Å². The predicted molar refractivity (Wildman–Crippen MR) is 122 cm³/mol. The van der Waals surface area contributed by atoms with Gasteiger partial charge in [0.25, 0.3) is 0 Å². The van der Waals surface area contributed by atoms with E-state index in [1.807, 2.05) is 66.0 Å². The highest BCUT2D eigenvalue weighted by Crippen LogP contribution is 2.30. The molecule has 0 N–H and O–H groups in total. The first-order valence-electron chi connectivity index (χ1n) is 9.84. The van der Waals surface area contributed by atoms with E-state index in [0.29, 0.717) is 15.9 Å². The van der Waals surface area contributed by atoms with Crippen LogP contribution >= 0.6 is 23.4 Å². The number of halogens is 1. The number of hydrogen-bond donors (Lipinski definition) is 0. The van der Waals surface area contributed by atoms with E-state index in [4.69, 9.17) is 11.6 Å². The maximum Gasteiger partial charge on any atom is 0.237 e. The van der Waals surface area contributed by atoms with Crippen LogP contribution in [0.3, 0.4) is 0 Å². The number of carbonyl (C=O) groups is 1.